The van der Waals surface area contributed by atoms with Gasteiger partial charge in [0.2, 0.25) is 0 Å². The van der Waals surface area contributed by atoms with Crippen LogP contribution in [0.4, 0.5) is 4.39 Å². The molecule has 0 bridgehead atoms. The summed E-state index contributed by atoms with van der Waals surface area (Å²) < 4.78 is 39.0. The number of aliphatic hydroxyl groups is 1. The zero-order chi connectivity index (χ0) is 17.5. The predicted octanol–water partition coefficient (Wildman–Crippen LogP) is 2.58. The lowest BCUT2D eigenvalue weighted by Crippen LogP contribution is -2.18. The van der Waals surface area contributed by atoms with Crippen molar-refractivity contribution in [3.63, 3.8) is 0 Å². The molecule has 1 aliphatic rings. The third-order valence-electron chi connectivity index (χ3n) is 4.64. The van der Waals surface area contributed by atoms with E-state index in [1.807, 2.05) is 13.0 Å². The molecule has 124 valence electrons. The predicted molar refractivity (Wildman–Crippen MR) is 86.4 cm³/mol. The van der Waals surface area contributed by atoms with Crippen LogP contribution in [0.2, 0.25) is 0 Å². The van der Waals surface area contributed by atoms with Crippen LogP contribution in [0, 0.1) is 29.5 Å². The van der Waals surface area contributed by atoms with Crippen LogP contribution < -0.4 is 0 Å². The summed E-state index contributed by atoms with van der Waals surface area (Å²) >= 11 is 0. The lowest BCUT2D eigenvalue weighted by molar-refractivity contribution is 0.242. The average molecular weight is 345 g/mol. The maximum Gasteiger partial charge on any atom is 0.183 e. The van der Waals surface area contributed by atoms with Gasteiger partial charge in [-0.1, -0.05) is 29.8 Å². The summed E-state index contributed by atoms with van der Waals surface area (Å²) in [6.07, 6.45) is 0. The fourth-order valence-electron chi connectivity index (χ4n) is 3.23. The van der Waals surface area contributed by atoms with Gasteiger partial charge in [0.25, 0.3) is 0 Å². The Hall–Kier alpha value is -2.23. The lowest BCUT2D eigenvalue weighted by Gasteiger charge is -2.06. The molecule has 1 fully saturated rings. The summed E-state index contributed by atoms with van der Waals surface area (Å²) in [5.41, 5.74) is 0.0582. The first-order chi connectivity index (χ1) is 11.4. The number of hydrogen-bond donors (Lipinski definition) is 1. The van der Waals surface area contributed by atoms with Gasteiger partial charge in [0.05, 0.1) is 22.8 Å². The van der Waals surface area contributed by atoms with E-state index in [-0.39, 0.29) is 4.90 Å². The highest BCUT2D eigenvalue weighted by Gasteiger charge is 2.72. The molecule has 2 aromatic carbocycles. The quantitative estimate of drug-likeness (QED) is 0.924. The van der Waals surface area contributed by atoms with Gasteiger partial charge in [-0.25, -0.2) is 12.8 Å². The summed E-state index contributed by atoms with van der Waals surface area (Å²) in [7, 11) is -3.80. The van der Waals surface area contributed by atoms with E-state index in [2.05, 4.69) is 0 Å². The Morgan fingerprint density at radius 3 is 2.25 bits per heavy atom. The minimum Gasteiger partial charge on any atom is -0.395 e. The van der Waals surface area contributed by atoms with E-state index >= 15 is 0 Å². The molecule has 0 radical (unpaired) electrons. The van der Waals surface area contributed by atoms with E-state index in [9.17, 15) is 23.2 Å². The highest BCUT2D eigenvalue weighted by Crippen LogP contribution is 2.63. The Morgan fingerprint density at radius 1 is 1.17 bits per heavy atom. The zero-order valence-corrected chi connectivity index (χ0v) is 13.8. The molecule has 0 amide bonds. The first-order valence-corrected chi connectivity index (χ1v) is 8.99. The highest BCUT2D eigenvalue weighted by atomic mass is 32.2. The third-order valence-corrected chi connectivity index (χ3v) is 6.93. The van der Waals surface area contributed by atoms with Crippen molar-refractivity contribution in [3.05, 3.63) is 65.5 Å². The van der Waals surface area contributed by atoms with Crippen molar-refractivity contribution >= 4 is 9.84 Å². The molecule has 0 saturated heterocycles. The smallest absolute Gasteiger partial charge is 0.183 e. The van der Waals surface area contributed by atoms with Crippen molar-refractivity contribution in [3.8, 4) is 6.07 Å². The maximum absolute atomic E-state index is 13.1. The van der Waals surface area contributed by atoms with Gasteiger partial charge in [-0.3, -0.25) is 0 Å². The van der Waals surface area contributed by atoms with Crippen molar-refractivity contribution in [1.29, 1.82) is 5.26 Å². The van der Waals surface area contributed by atoms with Crippen LogP contribution in [-0.4, -0.2) is 25.4 Å². The highest BCUT2D eigenvalue weighted by molar-refractivity contribution is 7.92. The maximum atomic E-state index is 13.1. The molecular weight excluding hydrogens is 329 g/mol. The van der Waals surface area contributed by atoms with Crippen LogP contribution in [0.3, 0.4) is 0 Å². The van der Waals surface area contributed by atoms with Crippen molar-refractivity contribution in [1.82, 2.24) is 0 Å². The van der Waals surface area contributed by atoms with Gasteiger partial charge in [-0.15, -0.1) is 0 Å². The monoisotopic (exact) mass is 345 g/mol. The molecule has 24 heavy (non-hydrogen) atoms. The number of aliphatic hydroxyl groups excluding tert-OH is 1. The van der Waals surface area contributed by atoms with Crippen LogP contribution in [0.25, 0.3) is 0 Å². The second-order valence-electron chi connectivity index (χ2n) is 6.12. The molecule has 3 atom stereocenters. The largest absolute Gasteiger partial charge is 0.395 e. The Morgan fingerprint density at radius 2 is 1.75 bits per heavy atom. The third kappa shape index (κ3) is 2.41. The molecule has 1 N–H and O–H groups in total. The Labute approximate surface area is 140 Å². The van der Waals surface area contributed by atoms with Gasteiger partial charge in [-0.2, -0.15) is 5.26 Å². The lowest BCUT2D eigenvalue weighted by atomic mass is 10.0. The van der Waals surface area contributed by atoms with Gasteiger partial charge in [0.1, 0.15) is 11.2 Å². The van der Waals surface area contributed by atoms with E-state index in [0.29, 0.717) is 5.56 Å². The number of rotatable bonds is 4. The number of hydrogen-bond acceptors (Lipinski definition) is 4. The number of aryl methyl sites for hydroxylation is 1. The molecule has 1 saturated carbocycles. The second-order valence-corrected chi connectivity index (χ2v) is 8.19. The number of halogens is 1. The summed E-state index contributed by atoms with van der Waals surface area (Å²) in [6, 6.07) is 13.7. The van der Waals surface area contributed by atoms with Crippen LogP contribution in [0.5, 0.6) is 0 Å². The molecule has 2 aromatic rings. The Balaban J connectivity index is 2.06. The van der Waals surface area contributed by atoms with E-state index in [1.54, 1.807) is 12.1 Å². The number of benzene rings is 2. The van der Waals surface area contributed by atoms with Gasteiger partial charge in [0.15, 0.2) is 9.84 Å². The Bertz CT molecular complexity index is 901. The minimum absolute atomic E-state index is 0.121. The molecular formula is C18H16FNO3S. The van der Waals surface area contributed by atoms with Gasteiger partial charge < -0.3 is 5.11 Å². The number of nitriles is 1. The van der Waals surface area contributed by atoms with Crippen molar-refractivity contribution in [2.45, 2.75) is 23.0 Å². The standard InChI is InChI=1S/C18H16FNO3S/c1-12-2-8-15(9-3-12)24(22,23)17-16(18(17,10-20)11-21)13-4-6-14(19)7-5-13/h2-9,16-17,21H,11H2,1H3/t16-,17+,18-/m0/s1. The zero-order valence-electron chi connectivity index (χ0n) is 13.0. The molecule has 1 aliphatic carbocycles. The first kappa shape index (κ1) is 16.6. The summed E-state index contributed by atoms with van der Waals surface area (Å²) in [5, 5.41) is 18.2. The summed E-state index contributed by atoms with van der Waals surface area (Å²) in [6.45, 7) is 1.28. The fourth-order valence-corrected chi connectivity index (χ4v) is 5.55. The van der Waals surface area contributed by atoms with E-state index < -0.39 is 38.8 Å². The number of nitrogens with zero attached hydrogens (tertiary/aromatic N) is 1. The van der Waals surface area contributed by atoms with Crippen molar-refractivity contribution < 1.29 is 17.9 Å². The number of sulfone groups is 1. The molecule has 4 nitrogen and oxygen atoms in total. The van der Waals surface area contributed by atoms with Crippen LogP contribution >= 0.6 is 0 Å². The second kappa shape index (κ2) is 5.69. The molecule has 0 aromatic heterocycles. The van der Waals surface area contributed by atoms with Crippen molar-refractivity contribution in [2.24, 2.45) is 5.41 Å². The SMILES string of the molecule is Cc1ccc(S(=O)(=O)[C@@H]2[C@H](c3ccc(F)cc3)[C@]2(C#N)CO)cc1. The molecule has 0 heterocycles. The van der Waals surface area contributed by atoms with Crippen LogP contribution in [0.1, 0.15) is 17.0 Å². The van der Waals surface area contributed by atoms with Crippen LogP contribution in [-0.2, 0) is 9.84 Å². The molecule has 0 aliphatic heterocycles. The van der Waals surface area contributed by atoms with Gasteiger partial charge in [-0.05, 0) is 36.8 Å². The first-order valence-electron chi connectivity index (χ1n) is 7.45. The normalized spacial score (nSPS) is 25.9. The minimum atomic E-state index is -3.80. The molecule has 0 unspecified atom stereocenters. The molecule has 3 rings (SSSR count). The molecule has 0 spiro atoms. The summed E-state index contributed by atoms with van der Waals surface area (Å²) in [4.78, 5) is 0.121. The van der Waals surface area contributed by atoms with Gasteiger partial charge >= 0.3 is 0 Å². The van der Waals surface area contributed by atoms with Crippen molar-refractivity contribution in [2.75, 3.05) is 6.61 Å². The van der Waals surface area contributed by atoms with E-state index in [4.69, 9.17) is 0 Å². The topological polar surface area (TPSA) is 78.2 Å². The van der Waals surface area contributed by atoms with Crippen LogP contribution in [0.15, 0.2) is 53.4 Å². The molecule has 6 heteroatoms. The average Bonchev–Trinajstić information content (AvgIpc) is 3.26. The summed E-state index contributed by atoms with van der Waals surface area (Å²) in [5.74, 6) is -1.12. The van der Waals surface area contributed by atoms with Gasteiger partial charge in [0, 0.05) is 5.92 Å². The Kier molecular flexibility index (Phi) is 3.94. The van der Waals surface area contributed by atoms with E-state index in [1.165, 1.54) is 36.4 Å². The van der Waals surface area contributed by atoms with E-state index in [0.717, 1.165) is 5.56 Å². The fraction of sp³-hybridized carbons (Fsp3) is 0.278.